The van der Waals surface area contributed by atoms with Crippen molar-refractivity contribution in [3.63, 3.8) is 0 Å². The van der Waals surface area contributed by atoms with Gasteiger partial charge >= 0.3 is 5.97 Å². The summed E-state index contributed by atoms with van der Waals surface area (Å²) in [5, 5.41) is 11.6. The van der Waals surface area contributed by atoms with Crippen LogP contribution in [-0.2, 0) is 16.0 Å². The van der Waals surface area contributed by atoms with Gasteiger partial charge in [-0.25, -0.2) is 0 Å². The van der Waals surface area contributed by atoms with Crippen LogP contribution in [0.2, 0.25) is 0 Å². The van der Waals surface area contributed by atoms with E-state index >= 15 is 0 Å². The molecule has 1 amide bonds. The van der Waals surface area contributed by atoms with E-state index in [1.807, 2.05) is 0 Å². The van der Waals surface area contributed by atoms with Crippen molar-refractivity contribution in [2.24, 2.45) is 5.73 Å². The Balaban J connectivity index is 2.34. The average Bonchev–Trinajstić information content (AvgIpc) is 2.49. The molecule has 0 saturated carbocycles. The Morgan fingerprint density at radius 3 is 2.36 bits per heavy atom. The zero-order chi connectivity index (χ0) is 16.4. The Labute approximate surface area is 144 Å². The van der Waals surface area contributed by atoms with Gasteiger partial charge in [-0.1, -0.05) is 47.6 Å². The van der Waals surface area contributed by atoms with Gasteiger partial charge in [-0.3, -0.25) is 9.59 Å². The Hall–Kier alpha value is -1.15. The van der Waals surface area contributed by atoms with Crippen molar-refractivity contribution in [1.29, 1.82) is 0 Å². The summed E-state index contributed by atoms with van der Waals surface area (Å²) in [4.78, 5) is 22.5. The highest BCUT2D eigenvalue weighted by Gasteiger charge is 2.11. The first-order chi connectivity index (χ1) is 10.5. The molecule has 22 heavy (non-hydrogen) atoms. The van der Waals surface area contributed by atoms with Crippen LogP contribution in [0.4, 0.5) is 5.69 Å². The lowest BCUT2D eigenvalue weighted by molar-refractivity contribution is -0.138. The molecule has 0 aliphatic carbocycles. The molecular weight excluding hydrogens is 395 g/mol. The fourth-order valence-corrected chi connectivity index (χ4v) is 2.56. The number of amides is 1. The van der Waals surface area contributed by atoms with Crippen molar-refractivity contribution in [2.75, 3.05) is 9.74 Å². The zero-order valence-corrected chi connectivity index (χ0v) is 14.7. The molecule has 5 nitrogen and oxygen atoms in total. The average molecular weight is 418 g/mol. The maximum absolute atomic E-state index is 11.8. The Kier molecular flexibility index (Phi) is 9.07. The molecule has 1 unspecified atom stereocenters. The second kappa shape index (κ2) is 10.6. The number of aliphatic carboxylic acids is 1. The molecule has 0 saturated heterocycles. The number of nitrogens with two attached hydrogens (primary N) is 1. The molecule has 0 spiro atoms. The molecule has 1 rings (SSSR count). The summed E-state index contributed by atoms with van der Waals surface area (Å²) in [6.07, 6.45) is 5.20. The van der Waals surface area contributed by atoms with Gasteiger partial charge < -0.3 is 16.2 Å². The second-order valence-corrected chi connectivity index (χ2v) is 6.33. The van der Waals surface area contributed by atoms with Gasteiger partial charge in [-0.15, -0.1) is 0 Å². The summed E-state index contributed by atoms with van der Waals surface area (Å²) in [5.74, 6) is -0.996. The zero-order valence-electron chi connectivity index (χ0n) is 12.6. The van der Waals surface area contributed by atoms with E-state index in [1.165, 1.54) is 17.3 Å². The lowest BCUT2D eigenvalue weighted by atomic mass is 10.1. The van der Waals surface area contributed by atoms with E-state index in [2.05, 4.69) is 27.9 Å². The third kappa shape index (κ3) is 7.74. The van der Waals surface area contributed by atoms with Crippen LogP contribution in [0.1, 0.15) is 37.7 Å². The largest absolute Gasteiger partial charge is 0.480 e. The molecule has 0 aliphatic rings. The van der Waals surface area contributed by atoms with E-state index in [0.717, 1.165) is 24.1 Å². The predicted molar refractivity (Wildman–Crippen MR) is 96.4 cm³/mol. The van der Waals surface area contributed by atoms with Gasteiger partial charge in [-0.05, 0) is 41.4 Å². The van der Waals surface area contributed by atoms with Crippen molar-refractivity contribution < 1.29 is 14.7 Å². The molecule has 0 fully saturated rings. The molecule has 0 bridgehead atoms. The lowest BCUT2D eigenvalue weighted by Crippen LogP contribution is -2.32. The number of nitrogens with one attached hydrogen (secondary N) is 1. The van der Waals surface area contributed by atoms with Crippen molar-refractivity contribution in [3.05, 3.63) is 29.8 Å². The minimum absolute atomic E-state index is 0.0180. The summed E-state index contributed by atoms with van der Waals surface area (Å²) in [6.45, 7) is 0. The van der Waals surface area contributed by atoms with E-state index in [0.29, 0.717) is 6.42 Å². The second-order valence-electron chi connectivity index (χ2n) is 5.25. The van der Waals surface area contributed by atoms with Crippen LogP contribution in [0.25, 0.3) is 0 Å². The van der Waals surface area contributed by atoms with Gasteiger partial charge in [0.05, 0.1) is 0 Å². The summed E-state index contributed by atoms with van der Waals surface area (Å²) in [5.41, 5.74) is 7.05. The number of anilines is 1. The first-order valence-corrected chi connectivity index (χ1v) is 8.98. The fourth-order valence-electron chi connectivity index (χ4n) is 2.02. The number of rotatable bonds is 10. The molecule has 1 aromatic carbocycles. The van der Waals surface area contributed by atoms with E-state index in [1.54, 1.807) is 24.3 Å². The van der Waals surface area contributed by atoms with Gasteiger partial charge in [0.25, 0.3) is 0 Å². The molecule has 0 radical (unpaired) electrons. The standard InChI is InChI=1S/C16H23IN2O3/c17-10-4-2-1-3-5-15(20)19-13-8-6-12(7-9-13)11-14(18)16(21)22/h6-9,14H,1-5,10-11,18H2,(H,19,20)(H,21,22). The third-order valence-electron chi connectivity index (χ3n) is 3.30. The van der Waals surface area contributed by atoms with Crippen LogP contribution < -0.4 is 11.1 Å². The van der Waals surface area contributed by atoms with E-state index in [4.69, 9.17) is 10.8 Å². The molecule has 1 atom stereocenters. The summed E-state index contributed by atoms with van der Waals surface area (Å²) >= 11 is 2.36. The van der Waals surface area contributed by atoms with E-state index in [9.17, 15) is 9.59 Å². The predicted octanol–water partition coefficient (Wildman–Crippen LogP) is 2.97. The van der Waals surface area contributed by atoms with Crippen LogP contribution in [0.3, 0.4) is 0 Å². The maximum Gasteiger partial charge on any atom is 0.320 e. The highest BCUT2D eigenvalue weighted by Crippen LogP contribution is 2.12. The number of hydrogen-bond acceptors (Lipinski definition) is 3. The molecule has 122 valence electrons. The van der Waals surface area contributed by atoms with Crippen molar-refractivity contribution >= 4 is 40.2 Å². The number of unbranched alkanes of at least 4 members (excludes halogenated alkanes) is 3. The van der Waals surface area contributed by atoms with Gasteiger partial charge in [0, 0.05) is 12.1 Å². The minimum atomic E-state index is -1.01. The SMILES string of the molecule is NC(Cc1ccc(NC(=O)CCCCCCI)cc1)C(=O)O. The number of alkyl halides is 1. The monoisotopic (exact) mass is 418 g/mol. The summed E-state index contributed by atoms with van der Waals surface area (Å²) < 4.78 is 1.17. The number of carboxylic acid groups (broad SMARTS) is 1. The van der Waals surface area contributed by atoms with E-state index < -0.39 is 12.0 Å². The summed E-state index contributed by atoms with van der Waals surface area (Å²) in [6, 6.07) is 6.23. The summed E-state index contributed by atoms with van der Waals surface area (Å²) in [7, 11) is 0. The van der Waals surface area contributed by atoms with Crippen LogP contribution in [-0.4, -0.2) is 27.5 Å². The van der Waals surface area contributed by atoms with Gasteiger partial charge in [0.2, 0.25) is 5.91 Å². The first kappa shape index (κ1) is 18.9. The third-order valence-corrected chi connectivity index (χ3v) is 4.06. The number of carbonyl (C=O) groups excluding carboxylic acids is 1. The minimum Gasteiger partial charge on any atom is -0.480 e. The maximum atomic E-state index is 11.8. The molecular formula is C16H23IN2O3. The molecule has 0 aromatic heterocycles. The Bertz CT molecular complexity index is 477. The van der Waals surface area contributed by atoms with Gasteiger partial charge in [-0.2, -0.15) is 0 Å². The Morgan fingerprint density at radius 1 is 1.14 bits per heavy atom. The van der Waals surface area contributed by atoms with Gasteiger partial charge in [0.1, 0.15) is 6.04 Å². The quantitative estimate of drug-likeness (QED) is 0.310. The highest BCUT2D eigenvalue weighted by molar-refractivity contribution is 14.1. The van der Waals surface area contributed by atoms with Crippen LogP contribution in [0.5, 0.6) is 0 Å². The Morgan fingerprint density at radius 2 is 1.77 bits per heavy atom. The number of benzene rings is 1. The normalized spacial score (nSPS) is 11.9. The van der Waals surface area contributed by atoms with Crippen LogP contribution in [0, 0.1) is 0 Å². The number of carbonyl (C=O) groups is 2. The van der Waals surface area contributed by atoms with Crippen LogP contribution >= 0.6 is 22.6 Å². The first-order valence-electron chi connectivity index (χ1n) is 7.46. The molecule has 0 heterocycles. The van der Waals surface area contributed by atoms with Crippen LogP contribution in [0.15, 0.2) is 24.3 Å². The molecule has 4 N–H and O–H groups in total. The smallest absolute Gasteiger partial charge is 0.320 e. The topological polar surface area (TPSA) is 92.4 Å². The van der Waals surface area contributed by atoms with Gasteiger partial charge in [0.15, 0.2) is 0 Å². The fraction of sp³-hybridized carbons (Fsp3) is 0.500. The number of hydrogen-bond donors (Lipinski definition) is 3. The lowest BCUT2D eigenvalue weighted by Gasteiger charge is -2.08. The number of halogens is 1. The van der Waals surface area contributed by atoms with Crippen molar-refractivity contribution in [1.82, 2.24) is 0 Å². The molecule has 1 aromatic rings. The van der Waals surface area contributed by atoms with Crippen molar-refractivity contribution in [3.8, 4) is 0 Å². The molecule has 6 heteroatoms. The molecule has 0 aliphatic heterocycles. The van der Waals surface area contributed by atoms with E-state index in [-0.39, 0.29) is 12.3 Å². The van der Waals surface area contributed by atoms with Crippen molar-refractivity contribution in [2.45, 2.75) is 44.6 Å². The number of carboxylic acids is 1. The highest BCUT2D eigenvalue weighted by atomic mass is 127.